The van der Waals surface area contributed by atoms with Crippen LogP contribution in [-0.2, 0) is 20.7 Å². The van der Waals surface area contributed by atoms with Crippen molar-refractivity contribution in [2.75, 3.05) is 7.11 Å². The number of amides is 1. The van der Waals surface area contributed by atoms with Crippen molar-refractivity contribution in [1.82, 2.24) is 10.3 Å². The molecule has 1 aliphatic rings. The second-order valence-electron chi connectivity index (χ2n) is 6.12. The number of hydrogen-bond donors (Lipinski definition) is 1. The van der Waals surface area contributed by atoms with E-state index in [1.807, 2.05) is 18.2 Å². The van der Waals surface area contributed by atoms with Gasteiger partial charge < -0.3 is 10.1 Å². The Hall–Kier alpha value is -1.91. The highest BCUT2D eigenvalue weighted by Gasteiger charge is 2.31. The molecule has 2 atom stereocenters. The van der Waals surface area contributed by atoms with Gasteiger partial charge in [0.05, 0.1) is 13.0 Å². The number of methoxy groups -OCH3 is 1. The minimum Gasteiger partial charge on any atom is -0.469 e. The zero-order chi connectivity index (χ0) is 16.5. The molecule has 0 spiro atoms. The Morgan fingerprint density at radius 2 is 2.09 bits per heavy atom. The van der Waals surface area contributed by atoms with E-state index in [9.17, 15) is 9.59 Å². The van der Waals surface area contributed by atoms with Crippen molar-refractivity contribution >= 4 is 11.9 Å². The van der Waals surface area contributed by atoms with E-state index in [-0.39, 0.29) is 23.8 Å². The van der Waals surface area contributed by atoms with Crippen LogP contribution in [-0.4, -0.2) is 30.0 Å². The summed E-state index contributed by atoms with van der Waals surface area (Å²) in [6.07, 6.45) is 8.61. The molecule has 0 saturated heterocycles. The maximum absolute atomic E-state index is 12.2. The fourth-order valence-electron chi connectivity index (χ4n) is 3.17. The lowest BCUT2D eigenvalue weighted by Gasteiger charge is -2.24. The SMILES string of the molecule is COC(=O)C1CCCCCC1NC(=O)CCCc1ccccn1. The lowest BCUT2D eigenvalue weighted by atomic mass is 9.94. The van der Waals surface area contributed by atoms with Gasteiger partial charge in [-0.2, -0.15) is 0 Å². The quantitative estimate of drug-likeness (QED) is 0.647. The second kappa shape index (κ2) is 9.28. The predicted octanol–water partition coefficient (Wildman–Crippen LogP) is 2.64. The van der Waals surface area contributed by atoms with Gasteiger partial charge in [-0.25, -0.2) is 0 Å². The molecule has 1 aliphatic carbocycles. The van der Waals surface area contributed by atoms with Gasteiger partial charge in [-0.3, -0.25) is 14.6 Å². The number of aryl methyl sites for hydroxylation is 1. The Kier molecular flexibility index (Phi) is 7.04. The van der Waals surface area contributed by atoms with Gasteiger partial charge in [-0.1, -0.05) is 25.3 Å². The van der Waals surface area contributed by atoms with Crippen molar-refractivity contribution < 1.29 is 14.3 Å². The maximum Gasteiger partial charge on any atom is 0.310 e. The third-order valence-electron chi connectivity index (χ3n) is 4.43. The Bertz CT molecular complexity index is 504. The molecule has 1 saturated carbocycles. The van der Waals surface area contributed by atoms with Crippen LogP contribution in [0.1, 0.15) is 50.6 Å². The zero-order valence-electron chi connectivity index (χ0n) is 13.8. The molecule has 2 unspecified atom stereocenters. The summed E-state index contributed by atoms with van der Waals surface area (Å²) in [4.78, 5) is 28.4. The molecule has 126 valence electrons. The van der Waals surface area contributed by atoms with Crippen LogP contribution in [0.15, 0.2) is 24.4 Å². The van der Waals surface area contributed by atoms with Crippen molar-refractivity contribution in [3.63, 3.8) is 0 Å². The Balaban J connectivity index is 1.80. The number of hydrogen-bond acceptors (Lipinski definition) is 4. The van der Waals surface area contributed by atoms with E-state index in [1.165, 1.54) is 7.11 Å². The first-order valence-corrected chi connectivity index (χ1v) is 8.48. The first kappa shape index (κ1) is 17.4. The van der Waals surface area contributed by atoms with Crippen molar-refractivity contribution in [2.24, 2.45) is 5.92 Å². The summed E-state index contributed by atoms with van der Waals surface area (Å²) >= 11 is 0. The number of esters is 1. The standard InChI is InChI=1S/C18H26N2O3/c1-23-18(22)15-10-3-2-4-11-16(15)20-17(21)12-7-9-14-8-5-6-13-19-14/h5-6,8,13,15-16H,2-4,7,9-12H2,1H3,(H,20,21). The lowest BCUT2D eigenvalue weighted by Crippen LogP contribution is -2.43. The Morgan fingerprint density at radius 1 is 1.26 bits per heavy atom. The van der Waals surface area contributed by atoms with Crippen LogP contribution < -0.4 is 5.32 Å². The molecular formula is C18H26N2O3. The summed E-state index contributed by atoms with van der Waals surface area (Å²) in [5, 5.41) is 3.05. The summed E-state index contributed by atoms with van der Waals surface area (Å²) < 4.78 is 4.90. The highest BCUT2D eigenvalue weighted by Crippen LogP contribution is 2.24. The first-order valence-electron chi connectivity index (χ1n) is 8.48. The summed E-state index contributed by atoms with van der Waals surface area (Å²) in [7, 11) is 1.42. The molecule has 5 nitrogen and oxygen atoms in total. The number of rotatable bonds is 6. The van der Waals surface area contributed by atoms with Gasteiger partial charge in [0.1, 0.15) is 0 Å². The summed E-state index contributed by atoms with van der Waals surface area (Å²) in [5.74, 6) is -0.394. The monoisotopic (exact) mass is 318 g/mol. The number of nitrogens with one attached hydrogen (secondary N) is 1. The van der Waals surface area contributed by atoms with Crippen LogP contribution in [0.25, 0.3) is 0 Å². The average molecular weight is 318 g/mol. The molecule has 1 amide bonds. The molecule has 0 radical (unpaired) electrons. The summed E-state index contributed by atoms with van der Waals surface area (Å²) in [6.45, 7) is 0. The van der Waals surface area contributed by atoms with Crippen LogP contribution >= 0.6 is 0 Å². The third kappa shape index (κ3) is 5.66. The fourth-order valence-corrected chi connectivity index (χ4v) is 3.17. The molecule has 1 N–H and O–H groups in total. The van der Waals surface area contributed by atoms with E-state index in [1.54, 1.807) is 6.20 Å². The van der Waals surface area contributed by atoms with Gasteiger partial charge in [-0.15, -0.1) is 0 Å². The molecule has 1 fully saturated rings. The van der Waals surface area contributed by atoms with Gasteiger partial charge in [0.25, 0.3) is 0 Å². The normalized spacial score (nSPS) is 21.3. The number of nitrogens with zero attached hydrogens (tertiary/aromatic N) is 1. The Labute approximate surface area is 137 Å². The van der Waals surface area contributed by atoms with Crippen molar-refractivity contribution in [1.29, 1.82) is 0 Å². The molecule has 1 heterocycles. The maximum atomic E-state index is 12.2. The number of ether oxygens (including phenoxy) is 1. The lowest BCUT2D eigenvalue weighted by molar-refractivity contribution is -0.147. The molecule has 23 heavy (non-hydrogen) atoms. The van der Waals surface area contributed by atoms with Crippen molar-refractivity contribution in [3.05, 3.63) is 30.1 Å². The van der Waals surface area contributed by atoms with Crippen LogP contribution in [0, 0.1) is 5.92 Å². The molecular weight excluding hydrogens is 292 g/mol. The minimum absolute atomic E-state index is 0.0155. The molecule has 0 aliphatic heterocycles. The van der Waals surface area contributed by atoms with Crippen molar-refractivity contribution in [2.45, 2.75) is 57.4 Å². The van der Waals surface area contributed by atoms with E-state index in [0.717, 1.165) is 50.6 Å². The van der Waals surface area contributed by atoms with Gasteiger partial charge in [0.2, 0.25) is 5.91 Å². The van der Waals surface area contributed by atoms with Gasteiger partial charge in [-0.05, 0) is 37.8 Å². The van der Waals surface area contributed by atoms with Gasteiger partial charge in [0, 0.05) is 24.4 Å². The van der Waals surface area contributed by atoms with Gasteiger partial charge in [0.15, 0.2) is 0 Å². The molecule has 0 aromatic carbocycles. The highest BCUT2D eigenvalue weighted by atomic mass is 16.5. The van der Waals surface area contributed by atoms with Gasteiger partial charge >= 0.3 is 5.97 Å². The highest BCUT2D eigenvalue weighted by molar-refractivity contribution is 5.78. The van der Waals surface area contributed by atoms with Crippen LogP contribution in [0.5, 0.6) is 0 Å². The second-order valence-corrected chi connectivity index (χ2v) is 6.12. The largest absolute Gasteiger partial charge is 0.469 e. The fraction of sp³-hybridized carbons (Fsp3) is 0.611. The molecule has 0 bridgehead atoms. The summed E-state index contributed by atoms with van der Waals surface area (Å²) in [6, 6.07) is 5.72. The van der Waals surface area contributed by atoms with Crippen molar-refractivity contribution in [3.8, 4) is 0 Å². The van der Waals surface area contributed by atoms with E-state index in [4.69, 9.17) is 4.74 Å². The number of pyridine rings is 1. The van der Waals surface area contributed by atoms with E-state index in [0.29, 0.717) is 6.42 Å². The smallest absolute Gasteiger partial charge is 0.310 e. The minimum atomic E-state index is -0.206. The van der Waals surface area contributed by atoms with Crippen LogP contribution in [0.4, 0.5) is 0 Å². The first-order chi connectivity index (χ1) is 11.2. The van der Waals surface area contributed by atoms with Crippen LogP contribution in [0.2, 0.25) is 0 Å². The molecule has 2 rings (SSSR count). The van der Waals surface area contributed by atoms with Crippen LogP contribution in [0.3, 0.4) is 0 Å². The predicted molar refractivity (Wildman–Crippen MR) is 87.7 cm³/mol. The van der Waals surface area contributed by atoms with E-state index in [2.05, 4.69) is 10.3 Å². The zero-order valence-corrected chi connectivity index (χ0v) is 13.8. The number of aromatic nitrogens is 1. The number of carbonyl (C=O) groups excluding carboxylic acids is 2. The van der Waals surface area contributed by atoms with E-state index < -0.39 is 0 Å². The number of carbonyl (C=O) groups is 2. The Morgan fingerprint density at radius 3 is 2.83 bits per heavy atom. The third-order valence-corrected chi connectivity index (χ3v) is 4.43. The molecule has 1 aromatic rings. The molecule has 5 heteroatoms. The topological polar surface area (TPSA) is 68.3 Å². The average Bonchev–Trinajstić information content (AvgIpc) is 2.80. The van der Waals surface area contributed by atoms with E-state index >= 15 is 0 Å². The molecule has 1 aromatic heterocycles. The summed E-state index contributed by atoms with van der Waals surface area (Å²) in [5.41, 5.74) is 1.00.